The van der Waals surface area contributed by atoms with Crippen molar-refractivity contribution in [2.24, 2.45) is 0 Å². The van der Waals surface area contributed by atoms with E-state index in [2.05, 4.69) is 0 Å². The number of rotatable bonds is 2. The molecule has 0 spiro atoms. The van der Waals surface area contributed by atoms with Crippen LogP contribution in [0.2, 0.25) is 0 Å². The first kappa shape index (κ1) is 12.5. The fourth-order valence-electron chi connectivity index (χ4n) is 2.24. The van der Waals surface area contributed by atoms with Crippen molar-refractivity contribution in [1.29, 1.82) is 0 Å². The maximum absolute atomic E-state index is 9.57. The molecule has 0 fully saturated rings. The van der Waals surface area contributed by atoms with Gasteiger partial charge in [0, 0.05) is 6.07 Å². The van der Waals surface area contributed by atoms with E-state index in [4.69, 9.17) is 9.15 Å². The first-order chi connectivity index (χ1) is 9.67. The van der Waals surface area contributed by atoms with E-state index in [9.17, 15) is 5.11 Å². The molecule has 1 N–H and O–H groups in total. The third kappa shape index (κ3) is 2.18. The minimum Gasteiger partial charge on any atom is -0.508 e. The molecule has 0 atom stereocenters. The van der Waals surface area contributed by atoms with E-state index in [1.54, 1.807) is 19.2 Å². The number of benzene rings is 2. The molecular formula is C17H15O3+. The Morgan fingerprint density at radius 3 is 2.45 bits per heavy atom. The molecule has 3 nitrogen and oxygen atoms in total. The average molecular weight is 267 g/mol. The van der Waals surface area contributed by atoms with Crippen LogP contribution in [0.3, 0.4) is 0 Å². The molecule has 0 saturated heterocycles. The molecule has 0 aliphatic heterocycles. The molecule has 0 aliphatic rings. The summed E-state index contributed by atoms with van der Waals surface area (Å²) < 4.78 is 11.0. The van der Waals surface area contributed by atoms with Crippen LogP contribution in [0, 0.1) is 6.92 Å². The molecule has 20 heavy (non-hydrogen) atoms. The lowest BCUT2D eigenvalue weighted by Crippen LogP contribution is -1.85. The Hall–Kier alpha value is -2.55. The highest BCUT2D eigenvalue weighted by atomic mass is 16.5. The summed E-state index contributed by atoms with van der Waals surface area (Å²) in [4.78, 5) is 0. The summed E-state index contributed by atoms with van der Waals surface area (Å²) in [7, 11) is 1.64. The minimum absolute atomic E-state index is 0.201. The van der Waals surface area contributed by atoms with Crippen LogP contribution in [0.15, 0.2) is 52.9 Å². The molecule has 3 rings (SSSR count). The number of ether oxygens (including phenoxy) is 1. The van der Waals surface area contributed by atoms with E-state index in [0.717, 1.165) is 28.0 Å². The number of phenols is 1. The maximum Gasteiger partial charge on any atom is 0.364 e. The molecule has 0 unspecified atom stereocenters. The number of hydrogen-bond acceptors (Lipinski definition) is 2. The van der Waals surface area contributed by atoms with Crippen LogP contribution >= 0.6 is 0 Å². The second-order valence-corrected chi connectivity index (χ2v) is 4.70. The Kier molecular flexibility index (Phi) is 3.03. The number of hydrogen-bond donors (Lipinski definition) is 1. The number of methoxy groups -OCH3 is 1. The van der Waals surface area contributed by atoms with E-state index >= 15 is 0 Å². The van der Waals surface area contributed by atoms with Crippen molar-refractivity contribution in [3.8, 4) is 22.8 Å². The van der Waals surface area contributed by atoms with Crippen LogP contribution in [0.5, 0.6) is 11.5 Å². The van der Waals surface area contributed by atoms with Gasteiger partial charge < -0.3 is 9.84 Å². The van der Waals surface area contributed by atoms with E-state index in [0.29, 0.717) is 5.58 Å². The second kappa shape index (κ2) is 4.85. The fraction of sp³-hybridized carbons (Fsp3) is 0.118. The topological polar surface area (TPSA) is 40.8 Å². The number of aromatic hydroxyl groups is 1. The van der Waals surface area contributed by atoms with Gasteiger partial charge in [-0.2, -0.15) is 0 Å². The summed E-state index contributed by atoms with van der Waals surface area (Å²) in [6.07, 6.45) is 0. The smallest absolute Gasteiger partial charge is 0.364 e. The van der Waals surface area contributed by atoms with Gasteiger partial charge in [-0.05, 0) is 48.9 Å². The Morgan fingerprint density at radius 2 is 1.75 bits per heavy atom. The van der Waals surface area contributed by atoms with Crippen molar-refractivity contribution >= 4 is 11.0 Å². The van der Waals surface area contributed by atoms with Gasteiger partial charge >= 0.3 is 11.3 Å². The number of fused-ring (bicyclic) bond motifs is 1. The van der Waals surface area contributed by atoms with Crippen LogP contribution in [0.25, 0.3) is 22.3 Å². The minimum atomic E-state index is 0.201. The summed E-state index contributed by atoms with van der Waals surface area (Å²) >= 11 is 0. The van der Waals surface area contributed by atoms with Gasteiger partial charge in [-0.3, -0.25) is 0 Å². The van der Waals surface area contributed by atoms with Crippen molar-refractivity contribution in [2.45, 2.75) is 6.92 Å². The van der Waals surface area contributed by atoms with Gasteiger partial charge in [-0.15, -0.1) is 0 Å². The molecule has 3 heteroatoms. The molecule has 100 valence electrons. The summed E-state index contributed by atoms with van der Waals surface area (Å²) in [6, 6.07) is 14.9. The lowest BCUT2D eigenvalue weighted by atomic mass is 10.1. The highest BCUT2D eigenvalue weighted by Crippen LogP contribution is 2.30. The van der Waals surface area contributed by atoms with E-state index in [1.165, 1.54) is 0 Å². The average Bonchev–Trinajstić information content (AvgIpc) is 2.46. The molecule has 1 aromatic heterocycles. The molecule has 0 aliphatic carbocycles. The van der Waals surface area contributed by atoms with E-state index in [1.807, 2.05) is 43.3 Å². The summed E-state index contributed by atoms with van der Waals surface area (Å²) in [5.74, 6) is 1.78. The first-order valence-corrected chi connectivity index (χ1v) is 6.38. The molecule has 0 amide bonds. The van der Waals surface area contributed by atoms with Crippen molar-refractivity contribution in [2.75, 3.05) is 7.11 Å². The molecule has 2 aromatic carbocycles. The molecule has 0 bridgehead atoms. The van der Waals surface area contributed by atoms with Crippen molar-refractivity contribution < 1.29 is 14.3 Å². The van der Waals surface area contributed by atoms with Gasteiger partial charge in [0.15, 0.2) is 0 Å². The number of aryl methyl sites for hydroxylation is 1. The van der Waals surface area contributed by atoms with Crippen molar-refractivity contribution in [3.63, 3.8) is 0 Å². The monoisotopic (exact) mass is 267 g/mol. The van der Waals surface area contributed by atoms with Crippen molar-refractivity contribution in [1.82, 2.24) is 0 Å². The molecule has 0 saturated carbocycles. The normalized spacial score (nSPS) is 10.7. The summed E-state index contributed by atoms with van der Waals surface area (Å²) in [5.41, 5.74) is 2.76. The fourth-order valence-corrected chi connectivity index (χ4v) is 2.24. The van der Waals surface area contributed by atoms with Gasteiger partial charge in [0.2, 0.25) is 0 Å². The zero-order valence-electron chi connectivity index (χ0n) is 11.4. The SMILES string of the molecule is COc1ccc(-c2cc(C)c3ccc(O)cc3[o+]2)cc1. The molecule has 1 heterocycles. The highest BCUT2D eigenvalue weighted by Gasteiger charge is 2.17. The van der Waals surface area contributed by atoms with Crippen LogP contribution < -0.4 is 4.74 Å². The third-order valence-corrected chi connectivity index (χ3v) is 3.33. The van der Waals surface area contributed by atoms with Gasteiger partial charge in [0.1, 0.15) is 11.5 Å². The third-order valence-electron chi connectivity index (χ3n) is 3.33. The first-order valence-electron chi connectivity index (χ1n) is 6.38. The van der Waals surface area contributed by atoms with E-state index < -0.39 is 0 Å². The Morgan fingerprint density at radius 1 is 1.00 bits per heavy atom. The summed E-state index contributed by atoms with van der Waals surface area (Å²) in [5, 5.41) is 10.6. The number of phenolic OH excluding ortho intramolecular Hbond substituents is 1. The zero-order valence-corrected chi connectivity index (χ0v) is 11.4. The Bertz CT molecular complexity index is 761. The van der Waals surface area contributed by atoms with Gasteiger partial charge in [-0.25, -0.2) is 4.42 Å². The maximum atomic E-state index is 9.57. The Labute approximate surface area is 117 Å². The predicted octanol–water partition coefficient (Wildman–Crippen LogP) is 4.40. The standard InChI is InChI=1S/C17H14O3/c1-11-9-16(12-3-6-14(19-2)7-4-12)20-17-10-13(18)5-8-15(11)17/h3-10H,1-2H3/p+1. The lowest BCUT2D eigenvalue weighted by molar-refractivity contribution is 0.415. The van der Waals surface area contributed by atoms with Crippen LogP contribution in [-0.4, -0.2) is 12.2 Å². The lowest BCUT2D eigenvalue weighted by Gasteiger charge is -2.00. The van der Waals surface area contributed by atoms with E-state index in [-0.39, 0.29) is 5.75 Å². The second-order valence-electron chi connectivity index (χ2n) is 4.70. The molecular weight excluding hydrogens is 252 g/mol. The van der Waals surface area contributed by atoms with Gasteiger partial charge in [0.25, 0.3) is 0 Å². The Balaban J connectivity index is 2.15. The van der Waals surface area contributed by atoms with Gasteiger partial charge in [0.05, 0.1) is 24.1 Å². The van der Waals surface area contributed by atoms with Crippen LogP contribution in [-0.2, 0) is 0 Å². The zero-order chi connectivity index (χ0) is 14.1. The molecule has 0 radical (unpaired) electrons. The summed E-state index contributed by atoms with van der Waals surface area (Å²) in [6.45, 7) is 2.03. The quantitative estimate of drug-likeness (QED) is 0.699. The molecule has 3 aromatic rings. The van der Waals surface area contributed by atoms with Crippen molar-refractivity contribution in [3.05, 3.63) is 54.1 Å². The van der Waals surface area contributed by atoms with Crippen LogP contribution in [0.1, 0.15) is 5.56 Å². The predicted molar refractivity (Wildman–Crippen MR) is 79.0 cm³/mol. The largest absolute Gasteiger partial charge is 0.508 e. The highest BCUT2D eigenvalue weighted by molar-refractivity contribution is 5.83. The van der Waals surface area contributed by atoms with Crippen LogP contribution in [0.4, 0.5) is 0 Å². The van der Waals surface area contributed by atoms with Gasteiger partial charge in [-0.1, -0.05) is 0 Å².